The highest BCUT2D eigenvalue weighted by molar-refractivity contribution is 6.11. The smallest absolute Gasteiger partial charge is 0.137 e. The van der Waals surface area contributed by atoms with Gasteiger partial charge in [-0.2, -0.15) is 0 Å². The molecule has 0 aliphatic carbocycles. The quantitative estimate of drug-likeness (QED) is 0.258. The van der Waals surface area contributed by atoms with Gasteiger partial charge in [0.25, 0.3) is 0 Å². The molecule has 1 aromatic heterocycles. The molecule has 0 bridgehead atoms. The minimum atomic E-state index is 0.616. The molecule has 4 heteroatoms. The van der Waals surface area contributed by atoms with Crippen molar-refractivity contribution in [3.05, 3.63) is 72.3 Å². The molecule has 4 nitrogen and oxygen atoms in total. The second-order valence-electron chi connectivity index (χ2n) is 8.31. The van der Waals surface area contributed by atoms with Crippen LogP contribution in [0.5, 0.6) is 0 Å². The zero-order valence-corrected chi connectivity index (χ0v) is 18.7. The third-order valence-corrected chi connectivity index (χ3v) is 6.36. The molecule has 5 rings (SSSR count). The van der Waals surface area contributed by atoms with Gasteiger partial charge in [0.05, 0.1) is 16.9 Å². The molecule has 3 aromatic carbocycles. The zero-order chi connectivity index (χ0) is 21.9. The number of nitrogens with zero attached hydrogens (tertiary/aromatic N) is 4. The molecule has 1 aliphatic rings. The first kappa shape index (κ1) is 20.4. The second-order valence-corrected chi connectivity index (χ2v) is 8.31. The van der Waals surface area contributed by atoms with Gasteiger partial charge in [-0.05, 0) is 67.8 Å². The van der Waals surface area contributed by atoms with Crippen LogP contribution in [0.3, 0.4) is 0 Å². The molecule has 1 saturated heterocycles. The van der Waals surface area contributed by atoms with Gasteiger partial charge in [0.15, 0.2) is 0 Å². The Labute approximate surface area is 189 Å². The molecule has 0 radical (unpaired) electrons. The minimum absolute atomic E-state index is 0.616. The fourth-order valence-corrected chi connectivity index (χ4v) is 4.82. The van der Waals surface area contributed by atoms with Gasteiger partial charge in [-0.1, -0.05) is 42.5 Å². The molecule has 0 spiro atoms. The van der Waals surface area contributed by atoms with Crippen LogP contribution in [0.25, 0.3) is 21.7 Å². The molecule has 1 aliphatic heterocycles. The average Bonchev–Trinajstić information content (AvgIpc) is 2.84. The van der Waals surface area contributed by atoms with Crippen molar-refractivity contribution < 1.29 is 0 Å². The van der Waals surface area contributed by atoms with Crippen molar-refractivity contribution in [2.24, 2.45) is 9.98 Å². The largest absolute Gasteiger partial charge is 0.356 e. The summed E-state index contributed by atoms with van der Waals surface area (Å²) in [4.78, 5) is 16.6. The van der Waals surface area contributed by atoms with E-state index in [0.717, 1.165) is 54.0 Å². The summed E-state index contributed by atoms with van der Waals surface area (Å²) < 4.78 is 0. The van der Waals surface area contributed by atoms with Crippen LogP contribution >= 0.6 is 0 Å². The number of aromatic nitrogens is 1. The van der Waals surface area contributed by atoms with Crippen molar-refractivity contribution in [3.8, 4) is 0 Å². The van der Waals surface area contributed by atoms with E-state index in [1.165, 1.54) is 16.3 Å². The summed E-state index contributed by atoms with van der Waals surface area (Å²) in [5, 5.41) is 3.55. The highest BCUT2D eigenvalue weighted by Crippen LogP contribution is 2.38. The fraction of sp³-hybridized carbons (Fsp3) is 0.250. The van der Waals surface area contributed by atoms with Gasteiger partial charge in [-0.3, -0.25) is 9.98 Å². The van der Waals surface area contributed by atoms with E-state index in [4.69, 9.17) is 4.98 Å². The van der Waals surface area contributed by atoms with Gasteiger partial charge in [0.2, 0.25) is 0 Å². The lowest BCUT2D eigenvalue weighted by atomic mass is 9.89. The Morgan fingerprint density at radius 3 is 2.12 bits per heavy atom. The highest BCUT2D eigenvalue weighted by atomic mass is 15.2. The zero-order valence-electron chi connectivity index (χ0n) is 18.7. The first-order valence-electron chi connectivity index (χ1n) is 11.4. The van der Waals surface area contributed by atoms with Crippen LogP contribution in [0.1, 0.15) is 38.2 Å². The molecule has 2 heterocycles. The summed E-state index contributed by atoms with van der Waals surface area (Å²) in [5.74, 6) is 1.68. The fourth-order valence-electron chi connectivity index (χ4n) is 4.82. The summed E-state index contributed by atoms with van der Waals surface area (Å²) in [7, 11) is 0. The SMILES string of the molecule is CC=Nc1ccc2c(c1)nc(N1CCC(c3ccccc3)CC1)c1cc(N=CC)ccc12. The first-order chi connectivity index (χ1) is 15.8. The van der Waals surface area contributed by atoms with E-state index in [1.807, 2.05) is 26.3 Å². The molecule has 0 unspecified atom stereocenters. The molecule has 32 heavy (non-hydrogen) atoms. The van der Waals surface area contributed by atoms with Crippen molar-refractivity contribution >= 4 is 51.3 Å². The maximum absolute atomic E-state index is 5.17. The van der Waals surface area contributed by atoms with Crippen LogP contribution in [0, 0.1) is 0 Å². The standard InChI is InChI=1S/C28H28N4/c1-3-29-22-10-12-24-25-13-11-23(30-4-2)19-27(25)31-28(26(24)18-22)32-16-14-21(15-17-32)20-8-6-5-7-9-20/h3-13,18-19,21H,14-17H2,1-2H3. The van der Waals surface area contributed by atoms with E-state index >= 15 is 0 Å². The molecule has 160 valence electrons. The summed E-state index contributed by atoms with van der Waals surface area (Å²) >= 11 is 0. The third kappa shape index (κ3) is 3.89. The van der Waals surface area contributed by atoms with Gasteiger partial charge in [-0.15, -0.1) is 0 Å². The van der Waals surface area contributed by atoms with E-state index < -0.39 is 0 Å². The second kappa shape index (κ2) is 8.91. The van der Waals surface area contributed by atoms with Crippen LogP contribution < -0.4 is 4.90 Å². The number of piperidine rings is 1. The predicted molar refractivity (Wildman–Crippen MR) is 138 cm³/mol. The normalized spacial score (nSPS) is 15.5. The number of rotatable bonds is 4. The lowest BCUT2D eigenvalue weighted by Crippen LogP contribution is -2.33. The summed E-state index contributed by atoms with van der Waals surface area (Å²) in [6.45, 7) is 5.90. The molecule has 1 fully saturated rings. The van der Waals surface area contributed by atoms with E-state index in [0.29, 0.717) is 5.92 Å². The number of pyridine rings is 1. The molecular formula is C28H28N4. The molecule has 0 N–H and O–H groups in total. The van der Waals surface area contributed by atoms with E-state index in [1.54, 1.807) is 0 Å². The maximum Gasteiger partial charge on any atom is 0.137 e. The monoisotopic (exact) mass is 420 g/mol. The first-order valence-corrected chi connectivity index (χ1v) is 11.4. The summed E-state index contributed by atoms with van der Waals surface area (Å²) in [6.07, 6.45) is 5.94. The Kier molecular flexibility index (Phi) is 5.68. The number of anilines is 1. The highest BCUT2D eigenvalue weighted by Gasteiger charge is 2.23. The maximum atomic E-state index is 5.17. The Hall–Kier alpha value is -3.53. The number of aliphatic imine (C=N–C) groups is 2. The van der Waals surface area contributed by atoms with Crippen molar-refractivity contribution in [2.75, 3.05) is 18.0 Å². The van der Waals surface area contributed by atoms with Crippen molar-refractivity contribution in [1.29, 1.82) is 0 Å². The van der Waals surface area contributed by atoms with Crippen molar-refractivity contribution in [2.45, 2.75) is 32.6 Å². The van der Waals surface area contributed by atoms with Gasteiger partial charge in [0.1, 0.15) is 5.82 Å². The van der Waals surface area contributed by atoms with Crippen LogP contribution in [-0.4, -0.2) is 30.5 Å². The Morgan fingerprint density at radius 2 is 1.44 bits per heavy atom. The van der Waals surface area contributed by atoms with Gasteiger partial charge >= 0.3 is 0 Å². The summed E-state index contributed by atoms with van der Waals surface area (Å²) in [6, 6.07) is 23.6. The number of fused-ring (bicyclic) bond motifs is 3. The topological polar surface area (TPSA) is 40.9 Å². The molecule has 0 saturated carbocycles. The van der Waals surface area contributed by atoms with Crippen LogP contribution in [0.15, 0.2) is 76.7 Å². The number of benzene rings is 3. The third-order valence-electron chi connectivity index (χ3n) is 6.36. The molecular weight excluding hydrogens is 392 g/mol. The Morgan fingerprint density at radius 1 is 0.781 bits per heavy atom. The van der Waals surface area contributed by atoms with Crippen LogP contribution in [0.2, 0.25) is 0 Å². The van der Waals surface area contributed by atoms with Crippen LogP contribution in [0.4, 0.5) is 17.2 Å². The predicted octanol–water partition coefficient (Wildman–Crippen LogP) is 7.22. The Bertz CT molecular complexity index is 1300. The lowest BCUT2D eigenvalue weighted by Gasteiger charge is -2.34. The number of hydrogen-bond donors (Lipinski definition) is 0. The average molecular weight is 421 g/mol. The van der Waals surface area contributed by atoms with Gasteiger partial charge < -0.3 is 4.90 Å². The molecule has 0 amide bonds. The molecule has 4 aromatic rings. The lowest BCUT2D eigenvalue weighted by molar-refractivity contribution is 0.504. The van der Waals surface area contributed by atoms with E-state index in [9.17, 15) is 0 Å². The van der Waals surface area contributed by atoms with E-state index in [-0.39, 0.29) is 0 Å². The number of hydrogen-bond acceptors (Lipinski definition) is 4. The minimum Gasteiger partial charge on any atom is -0.356 e. The Balaban J connectivity index is 1.58. The summed E-state index contributed by atoms with van der Waals surface area (Å²) in [5.41, 5.74) is 4.35. The van der Waals surface area contributed by atoms with Crippen molar-refractivity contribution in [1.82, 2.24) is 4.98 Å². The van der Waals surface area contributed by atoms with Crippen molar-refractivity contribution in [3.63, 3.8) is 0 Å². The van der Waals surface area contributed by atoms with Crippen LogP contribution in [-0.2, 0) is 0 Å². The van der Waals surface area contributed by atoms with Gasteiger partial charge in [-0.25, -0.2) is 4.98 Å². The molecule has 0 atom stereocenters. The van der Waals surface area contributed by atoms with Gasteiger partial charge in [0, 0.05) is 36.3 Å². The van der Waals surface area contributed by atoms with E-state index in [2.05, 4.69) is 81.6 Å².